The molecule has 1 aromatic heterocycles. The van der Waals surface area contributed by atoms with Gasteiger partial charge in [0, 0.05) is 4.90 Å². The van der Waals surface area contributed by atoms with Crippen LogP contribution in [0.15, 0.2) is 76.3 Å². The first kappa shape index (κ1) is 19.6. The van der Waals surface area contributed by atoms with Crippen molar-refractivity contribution in [3.05, 3.63) is 77.9 Å². The van der Waals surface area contributed by atoms with E-state index in [-0.39, 0.29) is 5.91 Å². The number of aliphatic hydroxyl groups excluding tert-OH is 1. The summed E-state index contributed by atoms with van der Waals surface area (Å²) < 4.78 is 10.0. The van der Waals surface area contributed by atoms with Gasteiger partial charge >= 0.3 is 0 Å². The average Bonchev–Trinajstić information content (AvgIpc) is 3.25. The van der Waals surface area contributed by atoms with Crippen LogP contribution in [0.3, 0.4) is 0 Å². The summed E-state index contributed by atoms with van der Waals surface area (Å²) in [4.78, 5) is 16.0. The van der Waals surface area contributed by atoms with Gasteiger partial charge in [-0.25, -0.2) is 4.63 Å². The van der Waals surface area contributed by atoms with E-state index in [2.05, 4.69) is 10.3 Å². The van der Waals surface area contributed by atoms with Gasteiger partial charge in [0.25, 0.3) is 5.91 Å². The third kappa shape index (κ3) is 3.64. The van der Waals surface area contributed by atoms with Crippen LogP contribution >= 0.6 is 11.8 Å². The van der Waals surface area contributed by atoms with Crippen LogP contribution in [0.4, 0.5) is 5.69 Å². The quantitative estimate of drug-likeness (QED) is 0.521. The van der Waals surface area contributed by atoms with Crippen molar-refractivity contribution in [3.8, 4) is 5.75 Å². The van der Waals surface area contributed by atoms with Crippen LogP contribution in [0.2, 0.25) is 0 Å². The normalized spacial score (nSPS) is 18.6. The molecule has 7 nitrogen and oxygen atoms in total. The Labute approximate surface area is 182 Å². The van der Waals surface area contributed by atoms with Gasteiger partial charge in [-0.1, -0.05) is 30.3 Å². The van der Waals surface area contributed by atoms with Gasteiger partial charge in [0.2, 0.25) is 0 Å². The molecule has 1 amide bonds. The summed E-state index contributed by atoms with van der Waals surface area (Å²) in [6, 6.07) is 20.7. The number of anilines is 1. The fourth-order valence-electron chi connectivity index (χ4n) is 3.70. The molecular weight excluding hydrogens is 414 g/mol. The van der Waals surface area contributed by atoms with Gasteiger partial charge in [-0.15, -0.1) is 11.8 Å². The molecule has 31 heavy (non-hydrogen) atoms. The van der Waals surface area contributed by atoms with Crippen LogP contribution < -0.4 is 9.64 Å². The number of amides is 1. The van der Waals surface area contributed by atoms with Gasteiger partial charge in [0.05, 0.1) is 24.6 Å². The molecule has 0 saturated heterocycles. The van der Waals surface area contributed by atoms with E-state index in [1.807, 2.05) is 60.7 Å². The summed E-state index contributed by atoms with van der Waals surface area (Å²) in [5.41, 5.74) is 3.77. The monoisotopic (exact) mass is 433 g/mol. The van der Waals surface area contributed by atoms with Gasteiger partial charge in [0.1, 0.15) is 22.9 Å². The first-order chi connectivity index (χ1) is 15.1. The SMILES string of the molecule is COc1ccc(C2Sc3ccccc3N(Cc3ccc4nonc4c3)C(=O)C2O)cc1. The lowest BCUT2D eigenvalue weighted by Crippen LogP contribution is -2.40. The van der Waals surface area contributed by atoms with E-state index in [0.29, 0.717) is 17.6 Å². The van der Waals surface area contributed by atoms with Gasteiger partial charge in [-0.3, -0.25) is 4.79 Å². The number of hydrogen-bond acceptors (Lipinski definition) is 7. The zero-order valence-corrected chi connectivity index (χ0v) is 17.5. The molecule has 5 rings (SSSR count). The van der Waals surface area contributed by atoms with Crippen LogP contribution in [-0.4, -0.2) is 34.5 Å². The highest BCUT2D eigenvalue weighted by atomic mass is 32.2. The molecule has 0 fully saturated rings. The minimum atomic E-state index is -1.21. The Hall–Kier alpha value is -3.36. The molecule has 2 heterocycles. The fourth-order valence-corrected chi connectivity index (χ4v) is 4.97. The van der Waals surface area contributed by atoms with Gasteiger partial charge in [-0.2, -0.15) is 0 Å². The highest BCUT2D eigenvalue weighted by Crippen LogP contribution is 2.46. The van der Waals surface area contributed by atoms with E-state index in [1.165, 1.54) is 11.8 Å². The van der Waals surface area contributed by atoms with E-state index in [4.69, 9.17) is 9.37 Å². The number of methoxy groups -OCH3 is 1. The predicted molar refractivity (Wildman–Crippen MR) is 117 cm³/mol. The van der Waals surface area contributed by atoms with Crippen molar-refractivity contribution in [2.75, 3.05) is 12.0 Å². The summed E-state index contributed by atoms with van der Waals surface area (Å²) in [5, 5.41) is 18.3. The number of para-hydroxylation sites is 1. The molecule has 1 N–H and O–H groups in total. The van der Waals surface area contributed by atoms with Crippen molar-refractivity contribution >= 4 is 34.4 Å². The van der Waals surface area contributed by atoms with Crippen molar-refractivity contribution in [1.82, 2.24) is 10.3 Å². The Bertz CT molecular complexity index is 1240. The summed E-state index contributed by atoms with van der Waals surface area (Å²) in [6.07, 6.45) is -1.21. The minimum absolute atomic E-state index is 0.297. The Morgan fingerprint density at radius 3 is 2.65 bits per heavy atom. The minimum Gasteiger partial charge on any atom is -0.497 e. The Kier molecular flexibility index (Phi) is 5.09. The molecule has 0 spiro atoms. The Morgan fingerprint density at radius 2 is 1.84 bits per heavy atom. The standard InChI is InChI=1S/C23H19N3O4S/c1-29-16-9-7-15(8-10-16)22-21(27)23(28)26(19-4-2-3-5-20(19)31-22)13-14-6-11-17-18(12-14)25-30-24-17/h2-12,21-22,27H,13H2,1H3. The van der Waals surface area contributed by atoms with Crippen molar-refractivity contribution in [2.45, 2.75) is 22.8 Å². The first-order valence-corrected chi connectivity index (χ1v) is 10.6. The number of aliphatic hydroxyl groups is 1. The smallest absolute Gasteiger partial charge is 0.257 e. The lowest BCUT2D eigenvalue weighted by atomic mass is 10.1. The molecule has 0 saturated carbocycles. The van der Waals surface area contributed by atoms with E-state index < -0.39 is 11.4 Å². The largest absolute Gasteiger partial charge is 0.497 e. The topological polar surface area (TPSA) is 88.7 Å². The summed E-state index contributed by atoms with van der Waals surface area (Å²) in [5.74, 6) is 0.375. The lowest BCUT2D eigenvalue weighted by Gasteiger charge is -2.25. The summed E-state index contributed by atoms with van der Waals surface area (Å²) in [6.45, 7) is 0.297. The number of fused-ring (bicyclic) bond motifs is 2. The van der Waals surface area contributed by atoms with E-state index in [0.717, 1.165) is 27.5 Å². The number of ether oxygens (including phenoxy) is 1. The van der Waals surface area contributed by atoms with Crippen molar-refractivity contribution < 1.29 is 19.3 Å². The number of nitrogens with zero attached hydrogens (tertiary/aromatic N) is 3. The molecular formula is C23H19N3O4S. The Balaban J connectivity index is 1.52. The second-order valence-electron chi connectivity index (χ2n) is 7.24. The van der Waals surface area contributed by atoms with Crippen molar-refractivity contribution in [1.29, 1.82) is 0 Å². The van der Waals surface area contributed by atoms with Crippen LogP contribution in [-0.2, 0) is 11.3 Å². The molecule has 0 radical (unpaired) electrons. The zero-order chi connectivity index (χ0) is 21.4. The molecule has 8 heteroatoms. The highest BCUT2D eigenvalue weighted by molar-refractivity contribution is 7.99. The third-order valence-electron chi connectivity index (χ3n) is 5.32. The summed E-state index contributed by atoms with van der Waals surface area (Å²) >= 11 is 1.48. The molecule has 3 aromatic carbocycles. The van der Waals surface area contributed by atoms with Crippen LogP contribution in [0, 0.1) is 0 Å². The number of benzene rings is 3. The molecule has 0 bridgehead atoms. The van der Waals surface area contributed by atoms with Gasteiger partial charge < -0.3 is 14.7 Å². The maximum atomic E-state index is 13.4. The van der Waals surface area contributed by atoms with E-state index >= 15 is 0 Å². The molecule has 2 atom stereocenters. The number of carbonyl (C=O) groups excluding carboxylic acids is 1. The highest BCUT2D eigenvalue weighted by Gasteiger charge is 2.37. The van der Waals surface area contributed by atoms with Crippen molar-refractivity contribution in [3.63, 3.8) is 0 Å². The van der Waals surface area contributed by atoms with Gasteiger partial charge in [0.15, 0.2) is 0 Å². The lowest BCUT2D eigenvalue weighted by molar-refractivity contribution is -0.126. The van der Waals surface area contributed by atoms with E-state index in [1.54, 1.807) is 18.1 Å². The zero-order valence-electron chi connectivity index (χ0n) is 16.6. The third-order valence-corrected chi connectivity index (χ3v) is 6.70. The number of hydrogen-bond donors (Lipinski definition) is 1. The number of rotatable bonds is 4. The van der Waals surface area contributed by atoms with Crippen molar-refractivity contribution in [2.24, 2.45) is 0 Å². The number of carbonyl (C=O) groups is 1. The first-order valence-electron chi connectivity index (χ1n) is 9.74. The molecule has 1 aliphatic rings. The molecule has 0 aliphatic carbocycles. The van der Waals surface area contributed by atoms with Gasteiger partial charge in [-0.05, 0) is 57.8 Å². The van der Waals surface area contributed by atoms with Crippen LogP contribution in [0.1, 0.15) is 16.4 Å². The second-order valence-corrected chi connectivity index (χ2v) is 8.42. The van der Waals surface area contributed by atoms with Crippen LogP contribution in [0.5, 0.6) is 5.75 Å². The molecule has 156 valence electrons. The molecule has 1 aliphatic heterocycles. The predicted octanol–water partition coefficient (Wildman–Crippen LogP) is 3.97. The second kappa shape index (κ2) is 8.05. The maximum absolute atomic E-state index is 13.4. The maximum Gasteiger partial charge on any atom is 0.257 e. The molecule has 4 aromatic rings. The summed E-state index contributed by atoms with van der Waals surface area (Å²) in [7, 11) is 1.61. The molecule has 2 unspecified atom stereocenters. The van der Waals surface area contributed by atoms with E-state index in [9.17, 15) is 9.90 Å². The Morgan fingerprint density at radius 1 is 1.06 bits per heavy atom. The van der Waals surface area contributed by atoms with Crippen LogP contribution in [0.25, 0.3) is 11.0 Å². The average molecular weight is 433 g/mol. The fraction of sp³-hybridized carbons (Fsp3) is 0.174. The number of aromatic nitrogens is 2. The number of thioether (sulfide) groups is 1.